The molecule has 0 aliphatic carbocycles. The zero-order chi connectivity index (χ0) is 13.6. The summed E-state index contributed by atoms with van der Waals surface area (Å²) in [5.74, 6) is -1.29. The third-order valence-electron chi connectivity index (χ3n) is 2.85. The molecule has 0 amide bonds. The van der Waals surface area contributed by atoms with Crippen LogP contribution in [-0.4, -0.2) is 11.4 Å². The second-order valence-corrected chi connectivity index (χ2v) is 4.04. The Morgan fingerprint density at radius 2 is 1.84 bits per heavy atom. The van der Waals surface area contributed by atoms with Gasteiger partial charge in [-0.15, -0.1) is 0 Å². The minimum atomic E-state index is -4.72. The lowest BCUT2D eigenvalue weighted by Crippen LogP contribution is -2.10. The first kappa shape index (κ1) is 11.8. The summed E-state index contributed by atoms with van der Waals surface area (Å²) in [5.41, 5.74) is 0.541. The number of alkyl halides is 3. The molecule has 1 aromatic carbocycles. The van der Waals surface area contributed by atoms with Crippen molar-refractivity contribution in [1.29, 1.82) is 0 Å². The van der Waals surface area contributed by atoms with Crippen LogP contribution in [0.5, 0.6) is 0 Å². The molecule has 0 fully saturated rings. The van der Waals surface area contributed by atoms with Gasteiger partial charge in [0.15, 0.2) is 0 Å². The fourth-order valence-electron chi connectivity index (χ4n) is 1.96. The SMILES string of the molecule is Fc1ccc(C2=CN=C3C=CN=C23)cc1C(F)(F)F. The van der Waals surface area contributed by atoms with Crippen molar-refractivity contribution in [2.45, 2.75) is 6.18 Å². The quantitative estimate of drug-likeness (QED) is 0.694. The lowest BCUT2D eigenvalue weighted by atomic mass is 9.99. The zero-order valence-corrected chi connectivity index (χ0v) is 9.37. The second kappa shape index (κ2) is 3.88. The molecule has 19 heavy (non-hydrogen) atoms. The molecule has 0 radical (unpaired) electrons. The van der Waals surface area contributed by atoms with Gasteiger partial charge < -0.3 is 0 Å². The van der Waals surface area contributed by atoms with E-state index in [-0.39, 0.29) is 5.56 Å². The lowest BCUT2D eigenvalue weighted by molar-refractivity contribution is -0.140. The second-order valence-electron chi connectivity index (χ2n) is 4.04. The van der Waals surface area contributed by atoms with Gasteiger partial charge >= 0.3 is 6.18 Å². The smallest absolute Gasteiger partial charge is 0.254 e. The van der Waals surface area contributed by atoms with E-state index in [1.807, 2.05) is 0 Å². The first-order valence-corrected chi connectivity index (χ1v) is 5.37. The predicted molar refractivity (Wildman–Crippen MR) is 63.4 cm³/mol. The van der Waals surface area contributed by atoms with E-state index in [1.54, 1.807) is 6.08 Å². The summed E-state index contributed by atoms with van der Waals surface area (Å²) >= 11 is 0. The van der Waals surface area contributed by atoms with Crippen LogP contribution < -0.4 is 0 Å². The average Bonchev–Trinajstić information content (AvgIpc) is 2.90. The Hall–Kier alpha value is -2.24. The van der Waals surface area contributed by atoms with Crippen molar-refractivity contribution in [1.82, 2.24) is 0 Å². The van der Waals surface area contributed by atoms with Gasteiger partial charge in [0.05, 0.1) is 17.0 Å². The summed E-state index contributed by atoms with van der Waals surface area (Å²) in [6.45, 7) is 0. The van der Waals surface area contributed by atoms with Crippen LogP contribution in [0.2, 0.25) is 0 Å². The standard InChI is InChI=1S/C13H6F4N2/c14-10-2-1-7(5-9(10)13(15,16)17)8-6-19-11-3-4-18-12(8)11/h1-6H. The van der Waals surface area contributed by atoms with Crippen LogP contribution in [0, 0.1) is 5.82 Å². The summed E-state index contributed by atoms with van der Waals surface area (Å²) in [5, 5.41) is 0. The van der Waals surface area contributed by atoms with Crippen LogP contribution in [0.25, 0.3) is 5.57 Å². The Labute approximate surface area is 105 Å². The number of rotatable bonds is 1. The molecule has 1 aromatic rings. The van der Waals surface area contributed by atoms with Gasteiger partial charge in [-0.05, 0) is 23.8 Å². The van der Waals surface area contributed by atoms with Gasteiger partial charge in [-0.3, -0.25) is 9.98 Å². The van der Waals surface area contributed by atoms with E-state index in [1.165, 1.54) is 18.5 Å². The first-order chi connectivity index (χ1) is 8.97. The number of aliphatic imine (C=N–C) groups is 2. The highest BCUT2D eigenvalue weighted by atomic mass is 19.4. The Morgan fingerprint density at radius 3 is 2.58 bits per heavy atom. The Balaban J connectivity index is 2.05. The number of hydrogen-bond acceptors (Lipinski definition) is 2. The molecule has 2 heterocycles. The molecule has 2 aliphatic rings. The van der Waals surface area contributed by atoms with Gasteiger partial charge in [0.1, 0.15) is 5.82 Å². The Kier molecular flexibility index (Phi) is 2.41. The highest BCUT2D eigenvalue weighted by Crippen LogP contribution is 2.34. The van der Waals surface area contributed by atoms with Crippen LogP contribution >= 0.6 is 0 Å². The fourth-order valence-corrected chi connectivity index (χ4v) is 1.96. The molecule has 0 unspecified atom stereocenters. The number of hydrogen-bond donors (Lipinski definition) is 0. The van der Waals surface area contributed by atoms with Crippen molar-refractivity contribution in [3.63, 3.8) is 0 Å². The summed E-state index contributed by atoms with van der Waals surface area (Å²) in [6, 6.07) is 2.87. The Morgan fingerprint density at radius 1 is 1.05 bits per heavy atom. The van der Waals surface area contributed by atoms with E-state index >= 15 is 0 Å². The maximum Gasteiger partial charge on any atom is 0.419 e. The molecular formula is C13H6F4N2. The van der Waals surface area contributed by atoms with Gasteiger partial charge in [0, 0.05) is 18.0 Å². The number of halogens is 4. The summed E-state index contributed by atoms with van der Waals surface area (Å²) < 4.78 is 51.2. The van der Waals surface area contributed by atoms with Crippen molar-refractivity contribution >= 4 is 17.0 Å². The summed E-state index contributed by atoms with van der Waals surface area (Å²) in [6.07, 6.45) is -0.105. The minimum Gasteiger partial charge on any atom is -0.254 e. The molecule has 0 spiro atoms. The van der Waals surface area contributed by atoms with E-state index < -0.39 is 17.6 Å². The number of fused-ring (bicyclic) bond motifs is 1. The molecular weight excluding hydrogens is 260 g/mol. The summed E-state index contributed by atoms with van der Waals surface area (Å²) in [7, 11) is 0. The monoisotopic (exact) mass is 266 g/mol. The van der Waals surface area contributed by atoms with E-state index in [4.69, 9.17) is 0 Å². The topological polar surface area (TPSA) is 24.7 Å². The molecule has 2 aliphatic heterocycles. The molecule has 0 saturated carbocycles. The van der Waals surface area contributed by atoms with Gasteiger partial charge in [0.25, 0.3) is 0 Å². The van der Waals surface area contributed by atoms with Gasteiger partial charge in [-0.1, -0.05) is 6.07 Å². The molecule has 0 N–H and O–H groups in total. The number of allylic oxidation sites excluding steroid dienone is 2. The van der Waals surface area contributed by atoms with Gasteiger partial charge in [0.2, 0.25) is 0 Å². The third kappa shape index (κ3) is 1.89. The van der Waals surface area contributed by atoms with Crippen molar-refractivity contribution < 1.29 is 17.6 Å². The third-order valence-corrected chi connectivity index (χ3v) is 2.85. The largest absolute Gasteiger partial charge is 0.419 e. The maximum atomic E-state index is 13.2. The maximum absolute atomic E-state index is 13.2. The molecule has 3 rings (SSSR count). The highest BCUT2D eigenvalue weighted by molar-refractivity contribution is 6.63. The van der Waals surface area contributed by atoms with E-state index in [0.29, 0.717) is 17.0 Å². The molecule has 0 aromatic heterocycles. The molecule has 0 saturated heterocycles. The van der Waals surface area contributed by atoms with Gasteiger partial charge in [-0.25, -0.2) is 4.39 Å². The van der Waals surface area contributed by atoms with Crippen LogP contribution in [0.4, 0.5) is 17.6 Å². The number of benzene rings is 1. The van der Waals surface area contributed by atoms with Gasteiger partial charge in [-0.2, -0.15) is 13.2 Å². The predicted octanol–water partition coefficient (Wildman–Crippen LogP) is 3.61. The van der Waals surface area contributed by atoms with Crippen LogP contribution in [-0.2, 0) is 6.18 Å². The molecule has 0 bridgehead atoms. The van der Waals surface area contributed by atoms with Crippen molar-refractivity contribution in [3.8, 4) is 0 Å². The van der Waals surface area contributed by atoms with Crippen molar-refractivity contribution in [3.05, 3.63) is 53.6 Å². The Bertz CT molecular complexity index is 678. The van der Waals surface area contributed by atoms with E-state index in [2.05, 4.69) is 9.98 Å². The molecule has 0 atom stereocenters. The fraction of sp³-hybridized carbons (Fsp3) is 0.0769. The van der Waals surface area contributed by atoms with Crippen molar-refractivity contribution in [2.75, 3.05) is 0 Å². The highest BCUT2D eigenvalue weighted by Gasteiger charge is 2.35. The average molecular weight is 266 g/mol. The van der Waals surface area contributed by atoms with Crippen LogP contribution in [0.1, 0.15) is 11.1 Å². The molecule has 2 nitrogen and oxygen atoms in total. The molecule has 96 valence electrons. The molecule has 6 heteroatoms. The number of nitrogens with zero attached hydrogens (tertiary/aromatic N) is 2. The van der Waals surface area contributed by atoms with E-state index in [9.17, 15) is 17.6 Å². The lowest BCUT2D eigenvalue weighted by Gasteiger charge is -2.10. The first-order valence-electron chi connectivity index (χ1n) is 5.37. The van der Waals surface area contributed by atoms with Crippen LogP contribution in [0.15, 0.2) is 46.7 Å². The van der Waals surface area contributed by atoms with Crippen LogP contribution in [0.3, 0.4) is 0 Å². The zero-order valence-electron chi connectivity index (χ0n) is 9.37. The van der Waals surface area contributed by atoms with E-state index in [0.717, 1.165) is 12.1 Å². The minimum absolute atomic E-state index is 0.245. The normalized spacial score (nSPS) is 17.2. The van der Waals surface area contributed by atoms with Crippen molar-refractivity contribution in [2.24, 2.45) is 9.98 Å². The summed E-state index contributed by atoms with van der Waals surface area (Å²) in [4.78, 5) is 8.06.